The highest BCUT2D eigenvalue weighted by Crippen LogP contribution is 2.36. The lowest BCUT2D eigenvalue weighted by molar-refractivity contribution is 0.00578. The molecule has 1 aliphatic heterocycles. The molecule has 1 fully saturated rings. The molecule has 2 heterocycles. The van der Waals surface area contributed by atoms with Gasteiger partial charge >= 0.3 is 7.12 Å². The molecule has 1 aromatic rings. The number of rotatable bonds is 5. The third kappa shape index (κ3) is 4.39. The number of sulfonamides is 1. The first-order valence-corrected chi connectivity index (χ1v) is 10.1. The molecule has 0 saturated carbocycles. The predicted molar refractivity (Wildman–Crippen MR) is 101 cm³/mol. The van der Waals surface area contributed by atoms with Crippen molar-refractivity contribution in [3.8, 4) is 5.88 Å². The van der Waals surface area contributed by atoms with Gasteiger partial charge in [0.05, 0.1) is 18.3 Å². The van der Waals surface area contributed by atoms with Gasteiger partial charge in [-0.1, -0.05) is 20.8 Å². The van der Waals surface area contributed by atoms with Crippen LogP contribution in [0, 0.1) is 5.41 Å². The van der Waals surface area contributed by atoms with Crippen molar-refractivity contribution in [2.45, 2.75) is 64.6 Å². The van der Waals surface area contributed by atoms with E-state index in [2.05, 4.69) is 9.71 Å². The first-order chi connectivity index (χ1) is 11.7. The third-order valence-corrected chi connectivity index (χ3v) is 6.04. The predicted octanol–water partition coefficient (Wildman–Crippen LogP) is 1.71. The van der Waals surface area contributed by atoms with Gasteiger partial charge in [-0.25, -0.2) is 18.1 Å². The standard InChI is InChI=1S/C17H29BN2O5S/c1-15(2,3)11-20-26(21,22)13-9-12(10-19-14(13)23-8)18-24-16(4,5)17(6,7)25-18/h9-10,20H,11H2,1-8H3. The van der Waals surface area contributed by atoms with Crippen molar-refractivity contribution in [3.63, 3.8) is 0 Å². The van der Waals surface area contributed by atoms with Crippen LogP contribution in [-0.2, 0) is 19.3 Å². The van der Waals surface area contributed by atoms with Crippen LogP contribution in [0.15, 0.2) is 17.2 Å². The van der Waals surface area contributed by atoms with Gasteiger partial charge in [0.15, 0.2) is 0 Å². The van der Waals surface area contributed by atoms with Crippen LogP contribution in [-0.4, -0.2) is 45.4 Å². The lowest BCUT2D eigenvalue weighted by Crippen LogP contribution is -2.41. The van der Waals surface area contributed by atoms with Gasteiger partial charge in [-0.15, -0.1) is 0 Å². The Bertz CT molecular complexity index is 756. The molecule has 1 aromatic heterocycles. The second-order valence-electron chi connectivity index (χ2n) is 8.75. The normalized spacial score (nSPS) is 19.6. The van der Waals surface area contributed by atoms with E-state index < -0.39 is 28.3 Å². The molecule has 1 N–H and O–H groups in total. The second kappa shape index (κ2) is 6.78. The van der Waals surface area contributed by atoms with E-state index in [0.29, 0.717) is 12.0 Å². The summed E-state index contributed by atoms with van der Waals surface area (Å²) in [5.41, 5.74) is -0.722. The van der Waals surface area contributed by atoms with Crippen molar-refractivity contribution in [2.24, 2.45) is 5.41 Å². The van der Waals surface area contributed by atoms with Gasteiger partial charge in [-0.2, -0.15) is 0 Å². The van der Waals surface area contributed by atoms with Crippen LogP contribution in [0.3, 0.4) is 0 Å². The van der Waals surface area contributed by atoms with Gasteiger partial charge in [0, 0.05) is 18.2 Å². The average molecular weight is 384 g/mol. The van der Waals surface area contributed by atoms with Crippen LogP contribution < -0.4 is 14.9 Å². The molecule has 1 aliphatic rings. The van der Waals surface area contributed by atoms with Gasteiger partial charge in [0.25, 0.3) is 0 Å². The van der Waals surface area contributed by atoms with E-state index in [9.17, 15) is 8.42 Å². The van der Waals surface area contributed by atoms with Crippen LogP contribution in [0.2, 0.25) is 0 Å². The van der Waals surface area contributed by atoms with E-state index in [1.54, 1.807) is 0 Å². The molecule has 1 saturated heterocycles. The summed E-state index contributed by atoms with van der Waals surface area (Å²) in [6.45, 7) is 13.9. The summed E-state index contributed by atoms with van der Waals surface area (Å²) in [5.74, 6) is 0.0340. The molecular weight excluding hydrogens is 355 g/mol. The zero-order valence-corrected chi connectivity index (χ0v) is 17.7. The van der Waals surface area contributed by atoms with Gasteiger partial charge in [0.2, 0.25) is 15.9 Å². The number of nitrogens with zero attached hydrogens (tertiary/aromatic N) is 1. The summed E-state index contributed by atoms with van der Waals surface area (Å²) < 4.78 is 45.3. The SMILES string of the molecule is COc1ncc(B2OC(C)(C)C(C)(C)O2)cc1S(=O)(=O)NCC(C)(C)C. The van der Waals surface area contributed by atoms with Crippen molar-refractivity contribution >= 4 is 22.6 Å². The molecule has 2 rings (SSSR count). The van der Waals surface area contributed by atoms with Crippen LogP contribution in [0.4, 0.5) is 0 Å². The minimum absolute atomic E-state index is 0.0311. The van der Waals surface area contributed by atoms with Gasteiger partial charge < -0.3 is 14.0 Å². The number of ether oxygens (including phenoxy) is 1. The van der Waals surface area contributed by atoms with Crippen LogP contribution in [0.1, 0.15) is 48.5 Å². The van der Waals surface area contributed by atoms with Crippen LogP contribution >= 0.6 is 0 Å². The number of methoxy groups -OCH3 is 1. The molecular formula is C17H29BN2O5S. The average Bonchev–Trinajstić information content (AvgIpc) is 2.72. The maximum Gasteiger partial charge on any atom is 0.496 e. The summed E-state index contributed by atoms with van der Waals surface area (Å²) in [6.07, 6.45) is 1.52. The minimum Gasteiger partial charge on any atom is -0.480 e. The van der Waals surface area contributed by atoms with E-state index in [4.69, 9.17) is 14.0 Å². The fourth-order valence-electron chi connectivity index (χ4n) is 2.29. The van der Waals surface area contributed by atoms with Gasteiger partial charge in [0.1, 0.15) is 4.90 Å². The first kappa shape index (κ1) is 21.1. The highest BCUT2D eigenvalue weighted by atomic mass is 32.2. The maximum atomic E-state index is 12.8. The smallest absolute Gasteiger partial charge is 0.480 e. The van der Waals surface area contributed by atoms with E-state index >= 15 is 0 Å². The Morgan fingerprint density at radius 3 is 2.19 bits per heavy atom. The van der Waals surface area contributed by atoms with E-state index in [-0.39, 0.29) is 16.2 Å². The Morgan fingerprint density at radius 1 is 1.19 bits per heavy atom. The Morgan fingerprint density at radius 2 is 1.73 bits per heavy atom. The fraction of sp³-hybridized carbons (Fsp3) is 0.706. The molecule has 9 heteroatoms. The van der Waals surface area contributed by atoms with E-state index in [1.807, 2.05) is 48.5 Å². The zero-order valence-electron chi connectivity index (χ0n) is 16.8. The molecule has 7 nitrogen and oxygen atoms in total. The van der Waals surface area contributed by atoms with Crippen molar-refractivity contribution in [1.29, 1.82) is 0 Å². The molecule has 0 radical (unpaired) electrons. The molecule has 0 aromatic carbocycles. The molecule has 0 bridgehead atoms. The van der Waals surface area contributed by atoms with Gasteiger partial charge in [-0.05, 0) is 39.2 Å². The monoisotopic (exact) mass is 384 g/mol. The van der Waals surface area contributed by atoms with E-state index in [1.165, 1.54) is 19.4 Å². The lowest BCUT2D eigenvalue weighted by atomic mass is 9.80. The van der Waals surface area contributed by atoms with Crippen molar-refractivity contribution < 1.29 is 22.5 Å². The Labute approximate surface area is 157 Å². The number of hydrogen-bond acceptors (Lipinski definition) is 6. The summed E-state index contributed by atoms with van der Waals surface area (Å²) in [6, 6.07) is 1.50. The summed E-state index contributed by atoms with van der Waals surface area (Å²) >= 11 is 0. The summed E-state index contributed by atoms with van der Waals surface area (Å²) in [5, 5.41) is 0. The topological polar surface area (TPSA) is 86.8 Å². The molecule has 0 spiro atoms. The molecule has 0 amide bonds. The largest absolute Gasteiger partial charge is 0.496 e. The first-order valence-electron chi connectivity index (χ1n) is 8.58. The van der Waals surface area contributed by atoms with Crippen molar-refractivity contribution in [1.82, 2.24) is 9.71 Å². The molecule has 146 valence electrons. The van der Waals surface area contributed by atoms with Crippen molar-refractivity contribution in [3.05, 3.63) is 12.3 Å². The quantitative estimate of drug-likeness (QED) is 0.778. The zero-order chi connectivity index (χ0) is 20.0. The number of pyridine rings is 1. The van der Waals surface area contributed by atoms with Crippen molar-refractivity contribution in [2.75, 3.05) is 13.7 Å². The Hall–Kier alpha value is -1.16. The minimum atomic E-state index is -3.79. The number of aromatic nitrogens is 1. The third-order valence-electron chi connectivity index (χ3n) is 4.64. The Balaban J connectivity index is 2.38. The maximum absolute atomic E-state index is 12.8. The summed E-state index contributed by atoms with van der Waals surface area (Å²) in [7, 11) is -3.11. The highest BCUT2D eigenvalue weighted by Gasteiger charge is 2.52. The number of hydrogen-bond donors (Lipinski definition) is 1. The summed E-state index contributed by atoms with van der Waals surface area (Å²) in [4.78, 5) is 4.12. The Kier molecular flexibility index (Phi) is 5.51. The number of nitrogens with one attached hydrogen (secondary N) is 1. The lowest BCUT2D eigenvalue weighted by Gasteiger charge is -2.32. The molecule has 0 aliphatic carbocycles. The highest BCUT2D eigenvalue weighted by molar-refractivity contribution is 7.89. The fourth-order valence-corrected chi connectivity index (χ4v) is 3.73. The van der Waals surface area contributed by atoms with E-state index in [0.717, 1.165) is 0 Å². The van der Waals surface area contributed by atoms with Crippen LogP contribution in [0.25, 0.3) is 0 Å². The molecule has 0 atom stereocenters. The second-order valence-corrected chi connectivity index (χ2v) is 10.5. The van der Waals surface area contributed by atoms with Crippen LogP contribution in [0.5, 0.6) is 5.88 Å². The van der Waals surface area contributed by atoms with Gasteiger partial charge in [-0.3, -0.25) is 0 Å². The molecule has 26 heavy (non-hydrogen) atoms. The molecule has 0 unspecified atom stereocenters.